The lowest BCUT2D eigenvalue weighted by molar-refractivity contribution is -0.190. The lowest BCUT2D eigenvalue weighted by Gasteiger charge is -2.25. The molecule has 1 saturated heterocycles. The summed E-state index contributed by atoms with van der Waals surface area (Å²) in [5, 5.41) is 8.97. The first-order valence-electron chi connectivity index (χ1n) is 4.99. The van der Waals surface area contributed by atoms with Crippen LogP contribution in [-0.4, -0.2) is 30.7 Å². The van der Waals surface area contributed by atoms with Gasteiger partial charge in [0.15, 0.2) is 6.29 Å². The minimum Gasteiger partial charge on any atom is -0.394 e. The molecule has 0 amide bonds. The van der Waals surface area contributed by atoms with Crippen molar-refractivity contribution in [3.63, 3.8) is 0 Å². The Labute approximate surface area is 70.1 Å². The van der Waals surface area contributed by atoms with Crippen LogP contribution < -0.4 is 0 Å². The second-order valence-electron chi connectivity index (χ2n) is 2.70. The smallest absolute Gasteiger partial charge is 0.158 e. The van der Waals surface area contributed by atoms with Crippen LogP contribution in [0.25, 0.3) is 0 Å². The maximum atomic E-state index is 8.97. The molecule has 0 aliphatic carbocycles. The SMILES string of the molecule is [2H]C([2H])(O)[C@@H](C)OC1CCCCO1. The molecule has 1 aliphatic rings. The first kappa shape index (κ1) is 6.40. The van der Waals surface area contributed by atoms with Gasteiger partial charge in [-0.1, -0.05) is 0 Å². The molecule has 66 valence electrons. The van der Waals surface area contributed by atoms with Gasteiger partial charge >= 0.3 is 0 Å². The number of rotatable bonds is 3. The fraction of sp³-hybridized carbons (Fsp3) is 1.00. The number of hydrogen-bond acceptors (Lipinski definition) is 3. The zero-order valence-corrected chi connectivity index (χ0v) is 6.75. The minimum atomic E-state index is -2.29. The third kappa shape index (κ3) is 3.18. The summed E-state index contributed by atoms with van der Waals surface area (Å²) in [6, 6.07) is 0. The Balaban J connectivity index is 2.30. The summed E-state index contributed by atoms with van der Waals surface area (Å²) in [6.45, 7) is -0.134. The Morgan fingerprint density at radius 2 is 2.64 bits per heavy atom. The molecule has 11 heavy (non-hydrogen) atoms. The molecule has 1 aliphatic heterocycles. The topological polar surface area (TPSA) is 38.7 Å². The summed E-state index contributed by atoms with van der Waals surface area (Å²) in [6.07, 6.45) is 1.63. The average molecular weight is 162 g/mol. The van der Waals surface area contributed by atoms with Crippen LogP contribution in [0.2, 0.25) is 0 Å². The van der Waals surface area contributed by atoms with Crippen molar-refractivity contribution < 1.29 is 17.3 Å². The zero-order chi connectivity index (χ0) is 9.90. The van der Waals surface area contributed by atoms with Crippen molar-refractivity contribution in [3.05, 3.63) is 0 Å². The second-order valence-corrected chi connectivity index (χ2v) is 2.70. The molecule has 3 heteroatoms. The largest absolute Gasteiger partial charge is 0.394 e. The summed E-state index contributed by atoms with van der Waals surface area (Å²) in [5.74, 6) is 0. The van der Waals surface area contributed by atoms with Gasteiger partial charge in [0.1, 0.15) is 0 Å². The van der Waals surface area contributed by atoms with E-state index in [0.717, 1.165) is 19.3 Å². The third-order valence-corrected chi connectivity index (χ3v) is 1.68. The van der Waals surface area contributed by atoms with Crippen molar-refractivity contribution in [2.75, 3.05) is 13.2 Å². The van der Waals surface area contributed by atoms with E-state index in [1.165, 1.54) is 6.92 Å². The van der Waals surface area contributed by atoms with E-state index in [1.54, 1.807) is 0 Å². The molecule has 1 rings (SSSR count). The standard InChI is InChI=1S/C8H16O3/c1-7(6-9)11-8-4-2-3-5-10-8/h7-9H,2-6H2,1H3/t7-,8?/m1/s1/i6D2. The van der Waals surface area contributed by atoms with Crippen LogP contribution >= 0.6 is 0 Å². The molecule has 0 bridgehead atoms. The van der Waals surface area contributed by atoms with Crippen molar-refractivity contribution in [2.24, 2.45) is 0 Å². The molecule has 0 spiro atoms. The minimum absolute atomic E-state index is 0.356. The van der Waals surface area contributed by atoms with Crippen molar-refractivity contribution in [3.8, 4) is 0 Å². The van der Waals surface area contributed by atoms with E-state index in [2.05, 4.69) is 0 Å². The Morgan fingerprint density at radius 1 is 1.82 bits per heavy atom. The Morgan fingerprint density at radius 3 is 3.18 bits per heavy atom. The van der Waals surface area contributed by atoms with Crippen LogP contribution in [0.1, 0.15) is 28.9 Å². The third-order valence-electron chi connectivity index (χ3n) is 1.68. The summed E-state index contributed by atoms with van der Waals surface area (Å²) < 4.78 is 24.4. The van der Waals surface area contributed by atoms with E-state index in [1.807, 2.05) is 0 Å². The van der Waals surface area contributed by atoms with E-state index < -0.39 is 12.7 Å². The van der Waals surface area contributed by atoms with Crippen LogP contribution in [0.3, 0.4) is 0 Å². The van der Waals surface area contributed by atoms with E-state index in [9.17, 15) is 0 Å². The quantitative estimate of drug-likeness (QED) is 0.670. The predicted molar refractivity (Wildman–Crippen MR) is 41.2 cm³/mol. The van der Waals surface area contributed by atoms with Gasteiger partial charge in [0.05, 0.1) is 15.4 Å². The fourth-order valence-corrected chi connectivity index (χ4v) is 1.08. The number of aliphatic hydroxyl groups is 1. The van der Waals surface area contributed by atoms with Gasteiger partial charge in [-0.2, -0.15) is 0 Å². The van der Waals surface area contributed by atoms with Crippen molar-refractivity contribution >= 4 is 0 Å². The van der Waals surface area contributed by atoms with E-state index >= 15 is 0 Å². The van der Waals surface area contributed by atoms with Crippen LogP contribution in [0.15, 0.2) is 0 Å². The lowest BCUT2D eigenvalue weighted by atomic mass is 10.2. The van der Waals surface area contributed by atoms with Crippen molar-refractivity contribution in [1.29, 1.82) is 0 Å². The highest BCUT2D eigenvalue weighted by Gasteiger charge is 2.16. The molecule has 3 nitrogen and oxygen atoms in total. The normalized spacial score (nSPS) is 32.4. The molecular formula is C8H16O3. The molecule has 1 heterocycles. The lowest BCUT2D eigenvalue weighted by Crippen LogP contribution is -2.28. The molecule has 0 aromatic carbocycles. The van der Waals surface area contributed by atoms with Crippen molar-refractivity contribution in [2.45, 2.75) is 38.6 Å². The van der Waals surface area contributed by atoms with Crippen LogP contribution in [0.4, 0.5) is 0 Å². The van der Waals surface area contributed by atoms with Gasteiger partial charge < -0.3 is 14.6 Å². The fourth-order valence-electron chi connectivity index (χ4n) is 1.08. The van der Waals surface area contributed by atoms with E-state index in [0.29, 0.717) is 6.61 Å². The maximum absolute atomic E-state index is 8.97. The molecule has 1 fully saturated rings. The monoisotopic (exact) mass is 162 g/mol. The first-order chi connectivity index (χ1) is 6.00. The number of hydrogen-bond donors (Lipinski definition) is 1. The summed E-state index contributed by atoms with van der Waals surface area (Å²) in [5.41, 5.74) is 0. The van der Waals surface area contributed by atoms with Gasteiger partial charge in [0, 0.05) is 6.61 Å². The summed E-state index contributed by atoms with van der Waals surface area (Å²) in [7, 11) is 0. The highest BCUT2D eigenvalue weighted by atomic mass is 16.7. The first-order valence-corrected chi connectivity index (χ1v) is 3.99. The Bertz CT molecular complexity index is 152. The molecule has 1 unspecified atom stereocenters. The molecule has 1 N–H and O–H groups in total. The molecular weight excluding hydrogens is 144 g/mol. The highest BCUT2D eigenvalue weighted by Crippen LogP contribution is 2.14. The zero-order valence-electron chi connectivity index (χ0n) is 8.75. The van der Waals surface area contributed by atoms with Crippen molar-refractivity contribution in [1.82, 2.24) is 0 Å². The van der Waals surface area contributed by atoms with Gasteiger partial charge in [-0.3, -0.25) is 0 Å². The van der Waals surface area contributed by atoms with E-state index in [-0.39, 0.29) is 6.29 Å². The molecule has 0 saturated carbocycles. The van der Waals surface area contributed by atoms with Gasteiger partial charge in [-0.15, -0.1) is 0 Å². The van der Waals surface area contributed by atoms with Crippen LogP contribution in [-0.2, 0) is 9.47 Å². The summed E-state index contributed by atoms with van der Waals surface area (Å²) in [4.78, 5) is 0. The highest BCUT2D eigenvalue weighted by molar-refractivity contribution is 4.56. The van der Waals surface area contributed by atoms with E-state index in [4.69, 9.17) is 17.3 Å². The Kier molecular flexibility index (Phi) is 2.73. The molecule has 2 atom stereocenters. The summed E-state index contributed by atoms with van der Waals surface area (Å²) >= 11 is 0. The van der Waals surface area contributed by atoms with Gasteiger partial charge in [0.25, 0.3) is 0 Å². The van der Waals surface area contributed by atoms with Gasteiger partial charge in [-0.25, -0.2) is 0 Å². The predicted octanol–water partition coefficient (Wildman–Crippen LogP) is 0.910. The van der Waals surface area contributed by atoms with Gasteiger partial charge in [-0.05, 0) is 26.2 Å². The van der Waals surface area contributed by atoms with Gasteiger partial charge in [0.2, 0.25) is 0 Å². The average Bonchev–Trinajstić information content (AvgIpc) is 2.04. The molecule has 0 aromatic rings. The molecule has 0 radical (unpaired) electrons. The number of ether oxygens (including phenoxy) is 2. The maximum Gasteiger partial charge on any atom is 0.158 e. The van der Waals surface area contributed by atoms with Crippen LogP contribution in [0, 0.1) is 0 Å². The van der Waals surface area contributed by atoms with Crippen LogP contribution in [0.5, 0.6) is 0 Å². The molecule has 0 aromatic heterocycles. The Hall–Kier alpha value is -0.120. The second kappa shape index (κ2) is 4.70.